The number of carbonyl (C=O) groups excluding carboxylic acids is 4. The molecule has 0 N–H and O–H groups in total. The van der Waals surface area contributed by atoms with Crippen molar-refractivity contribution < 1.29 is 47.6 Å². The van der Waals surface area contributed by atoms with E-state index < -0.39 is 11.9 Å². The van der Waals surface area contributed by atoms with Crippen LogP contribution in [0.5, 0.6) is 23.0 Å². The zero-order valence-corrected chi connectivity index (χ0v) is 41.4. The van der Waals surface area contributed by atoms with Crippen LogP contribution in [0.4, 0.5) is 0 Å². The number of hydrogen-bond acceptors (Lipinski definition) is 13. The van der Waals surface area contributed by atoms with E-state index >= 15 is 0 Å². The number of nitrogens with zero attached hydrogens (tertiary/aromatic N) is 3. The average molecular weight is 978 g/mol. The van der Waals surface area contributed by atoms with Crippen LogP contribution in [-0.4, -0.2) is 60.3 Å². The van der Waals surface area contributed by atoms with Crippen LogP contribution in [0.1, 0.15) is 142 Å². The topological polar surface area (TPSA) is 173 Å². The van der Waals surface area contributed by atoms with Crippen LogP contribution in [0.3, 0.4) is 0 Å². The summed E-state index contributed by atoms with van der Waals surface area (Å²) in [7, 11) is 0. The van der Waals surface area contributed by atoms with Gasteiger partial charge in [0.15, 0.2) is 11.5 Å². The summed E-state index contributed by atoms with van der Waals surface area (Å²) in [5.74, 6) is -0.784. The highest BCUT2D eigenvalue weighted by atomic mass is 16.6. The third kappa shape index (κ3) is 20.4. The third-order valence-corrected chi connectivity index (χ3v) is 11.7. The van der Waals surface area contributed by atoms with Gasteiger partial charge in [-0.05, 0) is 111 Å². The Morgan fingerprint density at radius 1 is 0.458 bits per heavy atom. The van der Waals surface area contributed by atoms with Gasteiger partial charge in [0.05, 0.1) is 60.6 Å². The van der Waals surface area contributed by atoms with E-state index in [9.17, 15) is 24.4 Å². The summed E-state index contributed by atoms with van der Waals surface area (Å²) in [5, 5.41) is 9.56. The molecular formula is C59H67N3O10. The molecule has 0 radical (unpaired) electrons. The molecule has 5 aromatic rings. The predicted octanol–water partition coefficient (Wildman–Crippen LogP) is 13.4. The highest BCUT2D eigenvalue weighted by molar-refractivity contribution is 5.93. The molecule has 0 amide bonds. The maximum Gasteiger partial charge on any atom is 0.345 e. The SMILES string of the molecule is C=CC(=O)OCCCCCCCCCCCOc1ccc(-c2ccc(C(=O)Oc3ccc(C#N)cc3OC(=O)c3ccc(-c4ccc(OCCCCCCCCCCCOC(=O)C=C)cc4)nc3)cn2)cc1. The van der Waals surface area contributed by atoms with Gasteiger partial charge in [-0.15, -0.1) is 0 Å². The van der Waals surface area contributed by atoms with Crippen LogP contribution in [0.15, 0.2) is 129 Å². The predicted molar refractivity (Wildman–Crippen MR) is 277 cm³/mol. The minimum absolute atomic E-state index is 0.0433. The van der Waals surface area contributed by atoms with Crippen molar-refractivity contribution in [3.63, 3.8) is 0 Å². The Labute approximate surface area is 424 Å². The van der Waals surface area contributed by atoms with Crippen molar-refractivity contribution in [2.45, 2.75) is 116 Å². The molecular weight excluding hydrogens is 911 g/mol. The molecule has 0 saturated carbocycles. The summed E-state index contributed by atoms with van der Waals surface area (Å²) < 4.78 is 33.2. The Morgan fingerprint density at radius 2 is 0.833 bits per heavy atom. The van der Waals surface area contributed by atoms with Gasteiger partial charge in [-0.1, -0.05) is 103 Å². The Bertz CT molecular complexity index is 2500. The van der Waals surface area contributed by atoms with E-state index in [0.717, 1.165) is 86.8 Å². The quantitative estimate of drug-likeness (QED) is 0.0165. The van der Waals surface area contributed by atoms with E-state index in [2.05, 4.69) is 23.1 Å². The summed E-state index contributed by atoms with van der Waals surface area (Å²) in [6.07, 6.45) is 25.1. The van der Waals surface area contributed by atoms with Gasteiger partial charge < -0.3 is 28.4 Å². The highest BCUT2D eigenvalue weighted by Crippen LogP contribution is 2.31. The van der Waals surface area contributed by atoms with E-state index in [1.54, 1.807) is 24.3 Å². The van der Waals surface area contributed by atoms with Crippen LogP contribution in [-0.2, 0) is 19.1 Å². The molecule has 3 aromatic carbocycles. The molecule has 0 fully saturated rings. The average Bonchev–Trinajstić information content (AvgIpc) is 3.41. The number of unbranched alkanes of at least 4 members (excludes halogenated alkanes) is 16. The van der Waals surface area contributed by atoms with E-state index in [0.29, 0.717) is 37.8 Å². The molecule has 2 aromatic heterocycles. The summed E-state index contributed by atoms with van der Waals surface area (Å²) in [6.45, 7) is 9.00. The van der Waals surface area contributed by atoms with Gasteiger partial charge >= 0.3 is 23.9 Å². The summed E-state index contributed by atoms with van der Waals surface area (Å²) in [4.78, 5) is 57.7. The molecule has 2 heterocycles. The second kappa shape index (κ2) is 32.3. The van der Waals surface area contributed by atoms with Crippen molar-refractivity contribution >= 4 is 23.9 Å². The normalized spacial score (nSPS) is 10.7. The standard InChI is InChI=1S/C59H67N3O10/c1-3-56(63)69-39-21-17-13-9-5-7-11-15-19-37-67-50-30-24-46(25-31-50)52-34-28-48(43-61-52)58(65)71-54-36-23-45(42-60)41-55(54)72-59(66)49-29-35-53(62-44-49)47-26-32-51(33-27-47)68-38-20-16-12-8-6-10-14-18-22-40-70-57(64)4-2/h3-4,23-36,41,43-44H,1-2,5-22,37-40H2. The number of hydrogen-bond donors (Lipinski definition) is 0. The molecule has 378 valence electrons. The molecule has 13 heteroatoms. The molecule has 0 atom stereocenters. The van der Waals surface area contributed by atoms with Gasteiger partial charge in [0.25, 0.3) is 0 Å². The number of pyridine rings is 2. The zero-order chi connectivity index (χ0) is 51.0. The van der Waals surface area contributed by atoms with Gasteiger partial charge in [0.2, 0.25) is 0 Å². The van der Waals surface area contributed by atoms with E-state index in [4.69, 9.17) is 28.4 Å². The van der Waals surface area contributed by atoms with Crippen LogP contribution < -0.4 is 18.9 Å². The fourth-order valence-corrected chi connectivity index (χ4v) is 7.60. The highest BCUT2D eigenvalue weighted by Gasteiger charge is 2.19. The van der Waals surface area contributed by atoms with Crippen molar-refractivity contribution in [2.75, 3.05) is 26.4 Å². The van der Waals surface area contributed by atoms with Crippen molar-refractivity contribution in [3.8, 4) is 51.6 Å². The fourth-order valence-electron chi connectivity index (χ4n) is 7.60. The first-order chi connectivity index (χ1) is 35.3. The second-order valence-corrected chi connectivity index (χ2v) is 17.3. The van der Waals surface area contributed by atoms with Gasteiger partial charge in [-0.25, -0.2) is 19.2 Å². The smallest absolute Gasteiger partial charge is 0.345 e. The number of benzene rings is 3. The molecule has 0 spiro atoms. The lowest BCUT2D eigenvalue weighted by molar-refractivity contribution is -0.138. The number of nitriles is 1. The number of aromatic nitrogens is 2. The van der Waals surface area contributed by atoms with Crippen molar-refractivity contribution in [1.29, 1.82) is 5.26 Å². The maximum absolute atomic E-state index is 13.3. The van der Waals surface area contributed by atoms with Gasteiger partial charge in [-0.2, -0.15) is 5.26 Å². The summed E-state index contributed by atoms with van der Waals surface area (Å²) in [5.41, 5.74) is 3.55. The van der Waals surface area contributed by atoms with Gasteiger partial charge in [0, 0.05) is 41.7 Å². The minimum atomic E-state index is -0.744. The van der Waals surface area contributed by atoms with Crippen LogP contribution in [0, 0.1) is 11.3 Å². The number of ether oxygens (including phenoxy) is 6. The van der Waals surface area contributed by atoms with Crippen LogP contribution in [0.25, 0.3) is 22.5 Å². The molecule has 0 unspecified atom stereocenters. The Morgan fingerprint density at radius 3 is 1.19 bits per heavy atom. The first-order valence-electron chi connectivity index (χ1n) is 25.2. The molecule has 13 nitrogen and oxygen atoms in total. The molecule has 0 aliphatic rings. The molecule has 5 rings (SSSR count). The monoisotopic (exact) mass is 977 g/mol. The summed E-state index contributed by atoms with van der Waals surface area (Å²) in [6, 6.07) is 28.1. The lowest BCUT2D eigenvalue weighted by Crippen LogP contribution is -2.13. The lowest BCUT2D eigenvalue weighted by Gasteiger charge is -2.11. The number of rotatable bonds is 34. The molecule has 0 saturated heterocycles. The van der Waals surface area contributed by atoms with Crippen molar-refractivity contribution in [3.05, 3.63) is 145 Å². The van der Waals surface area contributed by atoms with E-state index in [1.807, 2.05) is 54.6 Å². The van der Waals surface area contributed by atoms with Gasteiger partial charge in [-0.3, -0.25) is 9.97 Å². The Balaban J connectivity index is 0.992. The maximum atomic E-state index is 13.3. The lowest BCUT2D eigenvalue weighted by atomic mass is 10.1. The van der Waals surface area contributed by atoms with Crippen molar-refractivity contribution in [1.82, 2.24) is 9.97 Å². The molecule has 0 aliphatic carbocycles. The number of esters is 4. The molecule has 72 heavy (non-hydrogen) atoms. The first-order valence-corrected chi connectivity index (χ1v) is 25.2. The second-order valence-electron chi connectivity index (χ2n) is 17.3. The van der Waals surface area contributed by atoms with Crippen molar-refractivity contribution in [2.24, 2.45) is 0 Å². The van der Waals surface area contributed by atoms with Gasteiger partial charge in [0.1, 0.15) is 11.5 Å². The van der Waals surface area contributed by atoms with Crippen LogP contribution in [0.2, 0.25) is 0 Å². The first kappa shape index (κ1) is 55.3. The minimum Gasteiger partial charge on any atom is -0.494 e. The van der Waals surface area contributed by atoms with E-state index in [1.165, 1.54) is 94.1 Å². The largest absolute Gasteiger partial charge is 0.494 e. The fraction of sp³-hybridized carbons (Fsp3) is 0.373. The van der Waals surface area contributed by atoms with Crippen LogP contribution >= 0.6 is 0 Å². The summed E-state index contributed by atoms with van der Waals surface area (Å²) >= 11 is 0. The molecule has 0 aliphatic heterocycles. The Kier molecular flexibility index (Phi) is 24.8. The van der Waals surface area contributed by atoms with E-state index in [-0.39, 0.29) is 40.1 Å². The molecule has 0 bridgehead atoms. The number of carbonyl (C=O) groups is 4. The Hall–Kier alpha value is -7.59. The third-order valence-electron chi connectivity index (χ3n) is 11.7. The zero-order valence-electron chi connectivity index (χ0n) is 41.4.